The van der Waals surface area contributed by atoms with Crippen LogP contribution in [0.15, 0.2) is 53.4 Å². The number of anilines is 2. The Morgan fingerprint density at radius 1 is 0.941 bits per heavy atom. The Labute approximate surface area is 201 Å². The fraction of sp³-hybridized carbons (Fsp3) is 0.385. The van der Waals surface area contributed by atoms with E-state index in [1.807, 2.05) is 38.1 Å². The minimum absolute atomic E-state index is 0.00306. The maximum absolute atomic E-state index is 13.2. The molecule has 0 saturated heterocycles. The molecule has 0 spiro atoms. The maximum atomic E-state index is 13.2. The van der Waals surface area contributed by atoms with Gasteiger partial charge in [-0.25, -0.2) is 18.1 Å². The zero-order valence-corrected chi connectivity index (χ0v) is 20.4. The quantitative estimate of drug-likeness (QED) is 0.518. The second-order valence-electron chi connectivity index (χ2n) is 9.28. The molecule has 4 bridgehead atoms. The zero-order chi connectivity index (χ0) is 23.7. The van der Waals surface area contributed by atoms with Crippen LogP contribution in [-0.4, -0.2) is 31.0 Å². The van der Waals surface area contributed by atoms with Gasteiger partial charge in [0.2, 0.25) is 11.8 Å². The number of rotatable bonds is 2. The summed E-state index contributed by atoms with van der Waals surface area (Å²) in [5.41, 5.74) is 4.45. The average Bonchev–Trinajstić information content (AvgIpc) is 2.81. The standard InChI is InChI=1S/C26H30N4O3S/c1-17-8-6-9-18(2)25(17)22-15-24-29-26(28-22)30-34(31,32)21-13-7-12-20(14-21)27-23(16-33-24)19-10-4-3-5-11-19/h6-9,12-15,19,23,27H,3-5,10-11,16H2,1-2H3,(H,28,29,30). The number of nitrogens with one attached hydrogen (secondary N) is 2. The van der Waals surface area contributed by atoms with Crippen molar-refractivity contribution in [2.45, 2.75) is 56.9 Å². The molecule has 3 aromatic rings. The summed E-state index contributed by atoms with van der Waals surface area (Å²) in [6.07, 6.45) is 5.93. The van der Waals surface area contributed by atoms with Crippen LogP contribution in [-0.2, 0) is 10.0 Å². The number of ether oxygens (including phenoxy) is 1. The lowest BCUT2D eigenvalue weighted by molar-refractivity contribution is 0.220. The second-order valence-corrected chi connectivity index (χ2v) is 11.0. The van der Waals surface area contributed by atoms with E-state index in [2.05, 4.69) is 20.0 Å². The highest BCUT2D eigenvalue weighted by atomic mass is 32.2. The highest BCUT2D eigenvalue weighted by Crippen LogP contribution is 2.32. The lowest BCUT2D eigenvalue weighted by Gasteiger charge is -2.31. The van der Waals surface area contributed by atoms with Crippen LogP contribution in [0.4, 0.5) is 11.6 Å². The topological polar surface area (TPSA) is 93.2 Å². The number of benzene rings is 2. The van der Waals surface area contributed by atoms with Crippen molar-refractivity contribution in [1.82, 2.24) is 9.97 Å². The van der Waals surface area contributed by atoms with Gasteiger partial charge in [0, 0.05) is 17.3 Å². The summed E-state index contributed by atoms with van der Waals surface area (Å²) < 4.78 is 35.2. The third kappa shape index (κ3) is 4.73. The molecule has 1 aliphatic carbocycles. The van der Waals surface area contributed by atoms with Gasteiger partial charge >= 0.3 is 0 Å². The molecule has 1 saturated carbocycles. The molecule has 2 heterocycles. The molecule has 2 aromatic carbocycles. The van der Waals surface area contributed by atoms with Gasteiger partial charge in [-0.3, -0.25) is 0 Å². The van der Waals surface area contributed by atoms with Crippen molar-refractivity contribution in [2.75, 3.05) is 16.6 Å². The van der Waals surface area contributed by atoms with Crippen LogP contribution in [0.1, 0.15) is 43.2 Å². The molecule has 1 aromatic heterocycles. The van der Waals surface area contributed by atoms with Gasteiger partial charge < -0.3 is 10.1 Å². The first kappa shape index (κ1) is 22.7. The Kier molecular flexibility index (Phi) is 6.16. The lowest BCUT2D eigenvalue weighted by Crippen LogP contribution is -2.36. The molecule has 5 rings (SSSR count). The lowest BCUT2D eigenvalue weighted by atomic mass is 9.84. The predicted octanol–water partition coefficient (Wildman–Crippen LogP) is 5.31. The molecule has 1 unspecified atom stereocenters. The monoisotopic (exact) mass is 478 g/mol. The first-order chi connectivity index (χ1) is 16.4. The number of hydrogen-bond donors (Lipinski definition) is 2. The molecule has 0 amide bonds. The van der Waals surface area contributed by atoms with E-state index >= 15 is 0 Å². The predicted molar refractivity (Wildman–Crippen MR) is 134 cm³/mol. The summed E-state index contributed by atoms with van der Waals surface area (Å²) in [4.78, 5) is 9.16. The Bertz CT molecular complexity index is 1280. The molecule has 0 radical (unpaired) electrons. The summed E-state index contributed by atoms with van der Waals surface area (Å²) in [6.45, 7) is 4.47. The van der Waals surface area contributed by atoms with Gasteiger partial charge in [0.05, 0.1) is 16.6 Å². The molecule has 178 valence electrons. The number of sulfonamides is 1. The highest BCUT2D eigenvalue weighted by molar-refractivity contribution is 7.92. The molecule has 1 aliphatic heterocycles. The number of hydrogen-bond acceptors (Lipinski definition) is 6. The number of nitrogens with zero attached hydrogens (tertiary/aromatic N) is 2. The van der Waals surface area contributed by atoms with E-state index < -0.39 is 10.0 Å². The van der Waals surface area contributed by atoms with Crippen LogP contribution < -0.4 is 14.8 Å². The zero-order valence-electron chi connectivity index (χ0n) is 19.5. The van der Waals surface area contributed by atoms with Crippen molar-refractivity contribution in [3.63, 3.8) is 0 Å². The second kappa shape index (κ2) is 9.25. The van der Waals surface area contributed by atoms with Gasteiger partial charge in [-0.15, -0.1) is 0 Å². The third-order valence-electron chi connectivity index (χ3n) is 6.79. The average molecular weight is 479 g/mol. The van der Waals surface area contributed by atoms with Crippen LogP contribution in [0, 0.1) is 19.8 Å². The molecule has 2 N–H and O–H groups in total. The van der Waals surface area contributed by atoms with Crippen LogP contribution in [0.3, 0.4) is 0 Å². The summed E-state index contributed by atoms with van der Waals surface area (Å²) >= 11 is 0. The Hall–Kier alpha value is -3.13. The Balaban J connectivity index is 1.61. The largest absolute Gasteiger partial charge is 0.475 e. The van der Waals surface area contributed by atoms with Gasteiger partial charge in [-0.05, 0) is 61.9 Å². The fourth-order valence-corrected chi connectivity index (χ4v) is 6.03. The van der Waals surface area contributed by atoms with E-state index in [4.69, 9.17) is 4.74 Å². The van der Waals surface area contributed by atoms with Gasteiger partial charge in [-0.2, -0.15) is 4.98 Å². The van der Waals surface area contributed by atoms with Gasteiger partial charge in [-0.1, -0.05) is 43.5 Å². The number of fused-ring (bicyclic) bond motifs is 4. The van der Waals surface area contributed by atoms with Crippen molar-refractivity contribution in [1.29, 1.82) is 0 Å². The van der Waals surface area contributed by atoms with Crippen molar-refractivity contribution in [3.8, 4) is 17.1 Å². The minimum atomic E-state index is -3.88. The molecule has 8 heteroatoms. The Morgan fingerprint density at radius 2 is 1.68 bits per heavy atom. The Morgan fingerprint density at radius 3 is 2.44 bits per heavy atom. The van der Waals surface area contributed by atoms with Crippen LogP contribution in [0.25, 0.3) is 11.3 Å². The van der Waals surface area contributed by atoms with Crippen LogP contribution >= 0.6 is 0 Å². The van der Waals surface area contributed by atoms with Crippen molar-refractivity contribution in [3.05, 3.63) is 59.7 Å². The van der Waals surface area contributed by atoms with Gasteiger partial charge in [0.1, 0.15) is 6.61 Å². The van der Waals surface area contributed by atoms with E-state index in [0.29, 0.717) is 24.1 Å². The summed E-state index contributed by atoms with van der Waals surface area (Å²) in [7, 11) is -3.88. The normalized spacial score (nSPS) is 20.1. The maximum Gasteiger partial charge on any atom is 0.264 e. The number of aromatic nitrogens is 2. The van der Waals surface area contributed by atoms with Gasteiger partial charge in [0.25, 0.3) is 10.0 Å². The number of aryl methyl sites for hydroxylation is 2. The molecular weight excluding hydrogens is 448 g/mol. The van der Waals surface area contributed by atoms with E-state index in [0.717, 1.165) is 35.2 Å². The summed E-state index contributed by atoms with van der Waals surface area (Å²) in [5, 5.41) is 3.56. The molecule has 34 heavy (non-hydrogen) atoms. The van der Waals surface area contributed by atoms with E-state index in [1.54, 1.807) is 24.3 Å². The van der Waals surface area contributed by atoms with Crippen molar-refractivity contribution in [2.24, 2.45) is 5.92 Å². The van der Waals surface area contributed by atoms with Crippen LogP contribution in [0.5, 0.6) is 5.88 Å². The van der Waals surface area contributed by atoms with E-state index in [-0.39, 0.29) is 16.9 Å². The molecule has 2 aliphatic rings. The molecule has 1 atom stereocenters. The first-order valence-corrected chi connectivity index (χ1v) is 13.4. The third-order valence-corrected chi connectivity index (χ3v) is 8.12. The molecule has 7 nitrogen and oxygen atoms in total. The van der Waals surface area contributed by atoms with Crippen LogP contribution in [0.2, 0.25) is 0 Å². The van der Waals surface area contributed by atoms with Crippen molar-refractivity contribution >= 4 is 21.7 Å². The highest BCUT2D eigenvalue weighted by Gasteiger charge is 2.26. The smallest absolute Gasteiger partial charge is 0.264 e. The van der Waals surface area contributed by atoms with Crippen molar-refractivity contribution < 1.29 is 13.2 Å². The van der Waals surface area contributed by atoms with E-state index in [9.17, 15) is 8.42 Å². The molecular formula is C26H30N4O3S. The molecule has 1 fully saturated rings. The first-order valence-electron chi connectivity index (χ1n) is 11.9. The van der Waals surface area contributed by atoms with Gasteiger partial charge in [0.15, 0.2) is 0 Å². The minimum Gasteiger partial charge on any atom is -0.475 e. The summed E-state index contributed by atoms with van der Waals surface area (Å²) in [5.74, 6) is 0.815. The SMILES string of the molecule is Cc1cccc(C)c1-c1cc2nc(n1)NS(=O)(=O)c1cccc(c1)NC(C1CCCCC1)CO2. The van der Waals surface area contributed by atoms with E-state index in [1.165, 1.54) is 19.3 Å². The fourth-order valence-electron chi connectivity index (χ4n) is 5.04. The summed E-state index contributed by atoms with van der Waals surface area (Å²) in [6, 6.07) is 14.8.